The minimum absolute atomic E-state index is 0.0480. The number of pyridine rings is 1. The Balaban J connectivity index is 2.39. The highest BCUT2D eigenvalue weighted by molar-refractivity contribution is 7.98. The van der Waals surface area contributed by atoms with Gasteiger partial charge in [-0.05, 0) is 24.9 Å². The number of nitrogens with zero attached hydrogens (tertiary/aromatic N) is 2. The minimum Gasteiger partial charge on any atom is -0.373 e. The van der Waals surface area contributed by atoms with Crippen LogP contribution in [0.15, 0.2) is 12.1 Å². The summed E-state index contributed by atoms with van der Waals surface area (Å²) in [6.45, 7) is 0.788. The lowest BCUT2D eigenvalue weighted by Gasteiger charge is -2.07. The molecule has 1 aromatic heterocycles. The minimum atomic E-state index is -0.407. The Morgan fingerprint density at radius 2 is 1.95 bits per heavy atom. The molecular weight excluding hydrogens is 276 g/mol. The molecule has 0 fully saturated rings. The summed E-state index contributed by atoms with van der Waals surface area (Å²) in [5, 5.41) is 16.8. The van der Waals surface area contributed by atoms with Gasteiger partial charge in [0.25, 0.3) is 5.69 Å². The predicted octanol–water partition coefficient (Wildman–Crippen LogP) is 3.37. The third-order valence-corrected chi connectivity index (χ3v) is 3.56. The largest absolute Gasteiger partial charge is 0.373 e. The van der Waals surface area contributed by atoms with E-state index in [0.717, 1.165) is 13.0 Å². The van der Waals surface area contributed by atoms with Crippen LogP contribution >= 0.6 is 11.8 Å². The van der Waals surface area contributed by atoms with Crippen LogP contribution in [0.1, 0.15) is 25.7 Å². The van der Waals surface area contributed by atoms with Gasteiger partial charge in [-0.15, -0.1) is 0 Å². The maximum Gasteiger partial charge on any atom is 0.276 e. The molecule has 6 nitrogen and oxygen atoms in total. The molecule has 0 aliphatic heterocycles. The molecule has 0 unspecified atom stereocenters. The molecule has 0 bridgehead atoms. The summed E-state index contributed by atoms with van der Waals surface area (Å²) in [7, 11) is 1.70. The molecule has 2 N–H and O–H groups in total. The molecule has 1 aromatic rings. The number of aromatic nitrogens is 1. The summed E-state index contributed by atoms with van der Waals surface area (Å²) in [6.07, 6.45) is 6.82. The van der Waals surface area contributed by atoms with Crippen LogP contribution in [0.2, 0.25) is 0 Å². The van der Waals surface area contributed by atoms with Gasteiger partial charge < -0.3 is 10.6 Å². The molecule has 0 radical (unpaired) electrons. The summed E-state index contributed by atoms with van der Waals surface area (Å²) in [5.41, 5.74) is 0.0480. The van der Waals surface area contributed by atoms with E-state index in [1.165, 1.54) is 37.1 Å². The Hall–Kier alpha value is -1.50. The lowest BCUT2D eigenvalue weighted by molar-refractivity contribution is -0.384. The Labute approximate surface area is 123 Å². The number of rotatable bonds is 10. The van der Waals surface area contributed by atoms with Gasteiger partial charge in [0.1, 0.15) is 11.6 Å². The van der Waals surface area contributed by atoms with E-state index >= 15 is 0 Å². The molecule has 0 saturated heterocycles. The second-order valence-corrected chi connectivity index (χ2v) is 5.42. The molecule has 112 valence electrons. The van der Waals surface area contributed by atoms with Gasteiger partial charge in [-0.25, -0.2) is 4.98 Å². The number of hydrogen-bond acceptors (Lipinski definition) is 6. The molecular formula is C13H22N4O2S. The molecule has 20 heavy (non-hydrogen) atoms. The molecule has 7 heteroatoms. The predicted molar refractivity (Wildman–Crippen MR) is 85.8 cm³/mol. The topological polar surface area (TPSA) is 80.1 Å². The maximum atomic E-state index is 10.8. The second-order valence-electron chi connectivity index (χ2n) is 4.44. The van der Waals surface area contributed by atoms with Crippen LogP contribution in [0.5, 0.6) is 0 Å². The van der Waals surface area contributed by atoms with Crippen molar-refractivity contribution in [2.45, 2.75) is 25.7 Å². The van der Waals surface area contributed by atoms with E-state index in [-0.39, 0.29) is 5.69 Å². The van der Waals surface area contributed by atoms with Crippen LogP contribution in [-0.4, -0.2) is 35.5 Å². The second kappa shape index (κ2) is 9.41. The fourth-order valence-electron chi connectivity index (χ4n) is 1.78. The molecule has 0 aliphatic rings. The number of anilines is 2. The molecule has 0 atom stereocenters. The fraction of sp³-hybridized carbons (Fsp3) is 0.615. The van der Waals surface area contributed by atoms with Crippen LogP contribution in [0, 0.1) is 10.1 Å². The van der Waals surface area contributed by atoms with Crippen LogP contribution < -0.4 is 10.6 Å². The van der Waals surface area contributed by atoms with Crippen molar-refractivity contribution < 1.29 is 4.92 Å². The molecule has 0 spiro atoms. The Morgan fingerprint density at radius 3 is 2.60 bits per heavy atom. The first-order valence-electron chi connectivity index (χ1n) is 6.74. The van der Waals surface area contributed by atoms with Gasteiger partial charge in [0.15, 0.2) is 0 Å². The summed E-state index contributed by atoms with van der Waals surface area (Å²) < 4.78 is 0. The molecule has 0 amide bonds. The summed E-state index contributed by atoms with van der Waals surface area (Å²) in [4.78, 5) is 14.7. The SMILES string of the molecule is CNc1cc([N+](=O)[O-])cc(NCCCCCCSC)n1. The fourth-order valence-corrected chi connectivity index (χ4v) is 2.27. The normalized spacial score (nSPS) is 10.3. The van der Waals surface area contributed by atoms with Gasteiger partial charge in [-0.1, -0.05) is 12.8 Å². The average molecular weight is 298 g/mol. The first-order chi connectivity index (χ1) is 9.67. The van der Waals surface area contributed by atoms with Crippen LogP contribution in [0.3, 0.4) is 0 Å². The van der Waals surface area contributed by atoms with Crippen molar-refractivity contribution in [2.24, 2.45) is 0 Å². The monoisotopic (exact) mass is 298 g/mol. The number of thioether (sulfide) groups is 1. The third kappa shape index (κ3) is 6.10. The third-order valence-electron chi connectivity index (χ3n) is 2.86. The van der Waals surface area contributed by atoms with Gasteiger partial charge in [-0.2, -0.15) is 11.8 Å². The van der Waals surface area contributed by atoms with Crippen molar-refractivity contribution in [1.82, 2.24) is 4.98 Å². The Kier molecular flexibility index (Phi) is 7.79. The highest BCUT2D eigenvalue weighted by Gasteiger charge is 2.10. The Morgan fingerprint density at radius 1 is 1.25 bits per heavy atom. The molecule has 1 heterocycles. The van der Waals surface area contributed by atoms with Gasteiger partial charge >= 0.3 is 0 Å². The lowest BCUT2D eigenvalue weighted by Crippen LogP contribution is -2.05. The van der Waals surface area contributed by atoms with Crippen molar-refractivity contribution in [3.63, 3.8) is 0 Å². The van der Waals surface area contributed by atoms with E-state index in [4.69, 9.17) is 0 Å². The molecule has 0 aromatic carbocycles. The van der Waals surface area contributed by atoms with E-state index in [0.29, 0.717) is 11.6 Å². The van der Waals surface area contributed by atoms with Crippen LogP contribution in [0.4, 0.5) is 17.3 Å². The molecule has 0 aliphatic carbocycles. The van der Waals surface area contributed by atoms with Gasteiger partial charge in [0.2, 0.25) is 0 Å². The zero-order valence-corrected chi connectivity index (χ0v) is 12.8. The quantitative estimate of drug-likeness (QED) is 0.391. The number of hydrogen-bond donors (Lipinski definition) is 2. The zero-order valence-electron chi connectivity index (χ0n) is 12.0. The summed E-state index contributed by atoms with van der Waals surface area (Å²) >= 11 is 1.87. The van der Waals surface area contributed by atoms with E-state index in [2.05, 4.69) is 21.9 Å². The first kappa shape index (κ1) is 16.6. The maximum absolute atomic E-state index is 10.8. The number of nitro groups is 1. The van der Waals surface area contributed by atoms with E-state index in [9.17, 15) is 10.1 Å². The van der Waals surface area contributed by atoms with Crippen molar-refractivity contribution in [3.8, 4) is 0 Å². The lowest BCUT2D eigenvalue weighted by atomic mass is 10.2. The number of unbranched alkanes of at least 4 members (excludes halogenated alkanes) is 3. The number of nitrogens with one attached hydrogen (secondary N) is 2. The van der Waals surface area contributed by atoms with Crippen molar-refractivity contribution >= 4 is 29.1 Å². The smallest absolute Gasteiger partial charge is 0.276 e. The highest BCUT2D eigenvalue weighted by Crippen LogP contribution is 2.20. The van der Waals surface area contributed by atoms with E-state index in [1.54, 1.807) is 7.05 Å². The Bertz CT molecular complexity index is 429. The van der Waals surface area contributed by atoms with E-state index < -0.39 is 4.92 Å². The molecule has 1 rings (SSSR count). The van der Waals surface area contributed by atoms with Gasteiger partial charge in [0, 0.05) is 13.6 Å². The van der Waals surface area contributed by atoms with Crippen molar-refractivity contribution in [1.29, 1.82) is 0 Å². The average Bonchev–Trinajstić information content (AvgIpc) is 2.46. The first-order valence-corrected chi connectivity index (χ1v) is 8.13. The van der Waals surface area contributed by atoms with Gasteiger partial charge in [0.05, 0.1) is 17.1 Å². The van der Waals surface area contributed by atoms with E-state index in [1.807, 2.05) is 11.8 Å². The zero-order chi connectivity index (χ0) is 14.8. The van der Waals surface area contributed by atoms with Crippen molar-refractivity contribution in [2.75, 3.05) is 36.2 Å². The van der Waals surface area contributed by atoms with Gasteiger partial charge in [-0.3, -0.25) is 10.1 Å². The highest BCUT2D eigenvalue weighted by atomic mass is 32.2. The van der Waals surface area contributed by atoms with Crippen LogP contribution in [-0.2, 0) is 0 Å². The summed E-state index contributed by atoms with van der Waals surface area (Å²) in [5.74, 6) is 2.26. The standard InChI is InChI=1S/C13H22N4O2S/c1-14-12-9-11(17(18)19)10-13(16-12)15-7-5-3-4-6-8-20-2/h9-10H,3-8H2,1-2H3,(H2,14,15,16). The van der Waals surface area contributed by atoms with Crippen LogP contribution in [0.25, 0.3) is 0 Å². The summed E-state index contributed by atoms with van der Waals surface area (Å²) in [6, 6.07) is 2.89. The molecule has 0 saturated carbocycles. The van der Waals surface area contributed by atoms with Crippen molar-refractivity contribution in [3.05, 3.63) is 22.2 Å².